The second-order valence-corrected chi connectivity index (χ2v) is 7.36. The molecule has 2 unspecified atom stereocenters. The molecular formula is C10H11ClO2S2. The summed E-state index contributed by atoms with van der Waals surface area (Å²) in [4.78, 5) is 1.18. The molecule has 0 aliphatic heterocycles. The zero-order chi connectivity index (χ0) is 11.1. The summed E-state index contributed by atoms with van der Waals surface area (Å²) in [5.74, 6) is 0.100. The molecule has 0 heterocycles. The fourth-order valence-electron chi connectivity index (χ4n) is 1.68. The Labute approximate surface area is 98.4 Å². The highest BCUT2D eigenvalue weighted by Crippen LogP contribution is 2.47. The van der Waals surface area contributed by atoms with E-state index in [0.717, 1.165) is 5.56 Å². The van der Waals surface area contributed by atoms with E-state index in [9.17, 15) is 8.42 Å². The number of hydrogen-bond donors (Lipinski definition) is 0. The Kier molecular flexibility index (Phi) is 3.01. The Bertz CT molecular complexity index is 453. The van der Waals surface area contributed by atoms with Crippen LogP contribution in [0, 0.1) is 0 Å². The van der Waals surface area contributed by atoms with Gasteiger partial charge in [-0.15, -0.1) is 11.8 Å². The zero-order valence-electron chi connectivity index (χ0n) is 8.18. The van der Waals surface area contributed by atoms with Crippen LogP contribution in [0.4, 0.5) is 0 Å². The Balaban J connectivity index is 2.14. The highest BCUT2D eigenvalue weighted by atomic mass is 35.7. The first-order valence-electron chi connectivity index (χ1n) is 4.60. The summed E-state index contributed by atoms with van der Waals surface area (Å²) in [6.45, 7) is 0. The molecule has 0 spiro atoms. The molecule has 0 radical (unpaired) electrons. The van der Waals surface area contributed by atoms with Crippen molar-refractivity contribution in [2.45, 2.75) is 22.5 Å². The first kappa shape index (κ1) is 11.3. The molecule has 2 atom stereocenters. The average molecular weight is 263 g/mol. The number of rotatable bonds is 3. The fourth-order valence-corrected chi connectivity index (χ4v) is 3.67. The van der Waals surface area contributed by atoms with Gasteiger partial charge in [-0.05, 0) is 30.4 Å². The summed E-state index contributed by atoms with van der Waals surface area (Å²) >= 11 is 1.67. The molecule has 1 saturated carbocycles. The van der Waals surface area contributed by atoms with Gasteiger partial charge in [-0.1, -0.05) is 12.1 Å². The summed E-state index contributed by atoms with van der Waals surface area (Å²) in [7, 11) is 1.93. The van der Waals surface area contributed by atoms with E-state index in [0.29, 0.717) is 6.42 Å². The maximum absolute atomic E-state index is 11.1. The number of thioether (sulfide) groups is 1. The Hall–Kier alpha value is -0.190. The SMILES string of the molecule is CSc1ccc(C2CC2S(=O)(=O)Cl)cc1. The Morgan fingerprint density at radius 3 is 2.33 bits per heavy atom. The van der Waals surface area contributed by atoms with Crippen LogP contribution in [0.15, 0.2) is 29.2 Å². The van der Waals surface area contributed by atoms with Gasteiger partial charge in [-0.2, -0.15) is 0 Å². The zero-order valence-corrected chi connectivity index (χ0v) is 10.6. The molecular weight excluding hydrogens is 252 g/mol. The van der Waals surface area contributed by atoms with Gasteiger partial charge in [0.05, 0.1) is 5.25 Å². The molecule has 15 heavy (non-hydrogen) atoms. The lowest BCUT2D eigenvalue weighted by atomic mass is 10.1. The van der Waals surface area contributed by atoms with E-state index in [1.807, 2.05) is 30.5 Å². The third-order valence-corrected chi connectivity index (χ3v) is 5.31. The van der Waals surface area contributed by atoms with Gasteiger partial charge < -0.3 is 0 Å². The van der Waals surface area contributed by atoms with Crippen molar-refractivity contribution >= 4 is 31.5 Å². The molecule has 1 aliphatic carbocycles. The van der Waals surface area contributed by atoms with Crippen molar-refractivity contribution in [3.63, 3.8) is 0 Å². The Morgan fingerprint density at radius 2 is 1.93 bits per heavy atom. The van der Waals surface area contributed by atoms with Crippen molar-refractivity contribution in [2.75, 3.05) is 6.26 Å². The summed E-state index contributed by atoms with van der Waals surface area (Å²) < 4.78 is 22.1. The molecule has 0 amide bonds. The van der Waals surface area contributed by atoms with Crippen LogP contribution >= 0.6 is 22.4 Å². The summed E-state index contributed by atoms with van der Waals surface area (Å²) in [6.07, 6.45) is 2.67. The molecule has 82 valence electrons. The van der Waals surface area contributed by atoms with Crippen LogP contribution in [-0.4, -0.2) is 19.9 Å². The quantitative estimate of drug-likeness (QED) is 0.621. The van der Waals surface area contributed by atoms with Crippen molar-refractivity contribution in [1.82, 2.24) is 0 Å². The van der Waals surface area contributed by atoms with Crippen LogP contribution in [0.5, 0.6) is 0 Å². The van der Waals surface area contributed by atoms with Gasteiger partial charge in [0.15, 0.2) is 0 Å². The number of benzene rings is 1. The van der Waals surface area contributed by atoms with E-state index in [1.165, 1.54) is 4.90 Å². The van der Waals surface area contributed by atoms with Crippen molar-refractivity contribution in [2.24, 2.45) is 0 Å². The first-order valence-corrected chi connectivity index (χ1v) is 8.19. The topological polar surface area (TPSA) is 34.1 Å². The Morgan fingerprint density at radius 1 is 1.33 bits per heavy atom. The lowest BCUT2D eigenvalue weighted by Crippen LogP contribution is -1.99. The maximum Gasteiger partial charge on any atom is 0.236 e. The molecule has 5 heteroatoms. The summed E-state index contributed by atoms with van der Waals surface area (Å²) in [5, 5.41) is -0.376. The smallest absolute Gasteiger partial charge is 0.212 e. The second kappa shape index (κ2) is 4.00. The van der Waals surface area contributed by atoms with Gasteiger partial charge in [0, 0.05) is 21.5 Å². The highest BCUT2D eigenvalue weighted by molar-refractivity contribution is 8.14. The van der Waals surface area contributed by atoms with Crippen LogP contribution < -0.4 is 0 Å². The minimum Gasteiger partial charge on any atom is -0.212 e. The van der Waals surface area contributed by atoms with E-state index in [4.69, 9.17) is 10.7 Å². The molecule has 0 bridgehead atoms. The van der Waals surface area contributed by atoms with E-state index >= 15 is 0 Å². The van der Waals surface area contributed by atoms with Gasteiger partial charge in [-0.3, -0.25) is 0 Å². The molecule has 0 aromatic heterocycles. The van der Waals surface area contributed by atoms with Crippen LogP contribution in [-0.2, 0) is 9.05 Å². The van der Waals surface area contributed by atoms with Crippen LogP contribution in [0.1, 0.15) is 17.9 Å². The number of halogens is 1. The highest BCUT2D eigenvalue weighted by Gasteiger charge is 2.47. The van der Waals surface area contributed by atoms with Gasteiger partial charge >= 0.3 is 0 Å². The minimum absolute atomic E-state index is 0.100. The minimum atomic E-state index is -3.38. The molecule has 1 aromatic rings. The molecule has 2 nitrogen and oxygen atoms in total. The van der Waals surface area contributed by atoms with Crippen molar-refractivity contribution in [1.29, 1.82) is 0 Å². The molecule has 1 aromatic carbocycles. The molecule has 0 N–H and O–H groups in total. The molecule has 1 aliphatic rings. The maximum atomic E-state index is 11.1. The third kappa shape index (κ3) is 2.49. The summed E-state index contributed by atoms with van der Waals surface area (Å²) in [5.41, 5.74) is 1.07. The van der Waals surface area contributed by atoms with Crippen LogP contribution in [0.3, 0.4) is 0 Å². The normalized spacial score (nSPS) is 25.2. The van der Waals surface area contributed by atoms with Crippen molar-refractivity contribution in [3.05, 3.63) is 29.8 Å². The molecule has 1 fully saturated rings. The van der Waals surface area contributed by atoms with E-state index in [1.54, 1.807) is 11.8 Å². The largest absolute Gasteiger partial charge is 0.236 e. The predicted octanol–water partition coefficient (Wildman–Crippen LogP) is 2.83. The molecule has 0 saturated heterocycles. The van der Waals surface area contributed by atoms with Gasteiger partial charge in [0.25, 0.3) is 0 Å². The summed E-state index contributed by atoms with van der Waals surface area (Å²) in [6, 6.07) is 7.99. The van der Waals surface area contributed by atoms with E-state index in [2.05, 4.69) is 0 Å². The van der Waals surface area contributed by atoms with Gasteiger partial charge in [0.1, 0.15) is 0 Å². The first-order chi connectivity index (χ1) is 7.02. The lowest BCUT2D eigenvalue weighted by molar-refractivity contribution is 0.607. The van der Waals surface area contributed by atoms with Crippen molar-refractivity contribution in [3.8, 4) is 0 Å². The predicted molar refractivity (Wildman–Crippen MR) is 64.1 cm³/mol. The van der Waals surface area contributed by atoms with E-state index in [-0.39, 0.29) is 11.2 Å². The van der Waals surface area contributed by atoms with Gasteiger partial charge in [-0.25, -0.2) is 8.42 Å². The monoisotopic (exact) mass is 262 g/mol. The lowest BCUT2D eigenvalue weighted by Gasteiger charge is -2.00. The van der Waals surface area contributed by atoms with E-state index < -0.39 is 9.05 Å². The third-order valence-electron chi connectivity index (χ3n) is 2.64. The van der Waals surface area contributed by atoms with Crippen LogP contribution in [0.2, 0.25) is 0 Å². The fraction of sp³-hybridized carbons (Fsp3) is 0.400. The standard InChI is InChI=1S/C10H11ClO2S2/c1-14-8-4-2-7(3-5-8)9-6-10(9)15(11,12)13/h2-5,9-10H,6H2,1H3. The van der Waals surface area contributed by atoms with Crippen LogP contribution in [0.25, 0.3) is 0 Å². The van der Waals surface area contributed by atoms with Crippen molar-refractivity contribution < 1.29 is 8.42 Å². The van der Waals surface area contributed by atoms with Gasteiger partial charge in [0.2, 0.25) is 9.05 Å². The second-order valence-electron chi connectivity index (χ2n) is 3.63. The average Bonchev–Trinajstić information content (AvgIpc) is 2.97. The molecule has 2 rings (SSSR count). The number of hydrogen-bond acceptors (Lipinski definition) is 3.